The molecule has 0 saturated carbocycles. The quantitative estimate of drug-likeness (QED) is 0.393. The lowest BCUT2D eigenvalue weighted by molar-refractivity contribution is 0.213. The Kier molecular flexibility index (Phi) is 4.76. The maximum atomic E-state index is 5.42. The van der Waals surface area contributed by atoms with Crippen LogP contribution in [0.3, 0.4) is 0 Å². The molecule has 0 heterocycles. The van der Waals surface area contributed by atoms with Gasteiger partial charge in [-0.25, -0.2) is 4.99 Å². The van der Waals surface area contributed by atoms with E-state index in [9.17, 15) is 0 Å². The van der Waals surface area contributed by atoms with Gasteiger partial charge in [0.1, 0.15) is 12.8 Å². The molecular weight excluding hydrogens is 154 g/mol. The van der Waals surface area contributed by atoms with Crippen LogP contribution in [0, 0.1) is 0 Å². The summed E-state index contributed by atoms with van der Waals surface area (Å²) in [6.07, 6.45) is 1.83. The van der Waals surface area contributed by atoms with E-state index >= 15 is 0 Å². The number of hydrogen-bond donors (Lipinski definition) is 1. The molecular formula is C8H15N3O. The topological polar surface area (TPSA) is 60.0 Å². The van der Waals surface area contributed by atoms with E-state index in [0.717, 1.165) is 5.70 Å². The van der Waals surface area contributed by atoms with Gasteiger partial charge in [0.2, 0.25) is 0 Å². The highest BCUT2D eigenvalue weighted by atomic mass is 16.6. The summed E-state index contributed by atoms with van der Waals surface area (Å²) in [5.74, 6) is 0.508. The predicted octanol–water partition coefficient (Wildman–Crippen LogP) is 1.29. The molecule has 0 unspecified atom stereocenters. The molecule has 0 aromatic rings. The number of allylic oxidation sites excluding steroid dienone is 2. The van der Waals surface area contributed by atoms with Crippen molar-refractivity contribution in [3.8, 4) is 0 Å². The minimum absolute atomic E-state index is 0.508. The van der Waals surface area contributed by atoms with Gasteiger partial charge in [-0.15, -0.1) is 0 Å². The molecule has 4 heteroatoms. The summed E-state index contributed by atoms with van der Waals surface area (Å²) in [5.41, 5.74) is 6.86. The zero-order chi connectivity index (χ0) is 9.56. The van der Waals surface area contributed by atoms with Gasteiger partial charge in [-0.3, -0.25) is 0 Å². The van der Waals surface area contributed by atoms with Gasteiger partial charge in [0.05, 0.1) is 11.5 Å². The summed E-state index contributed by atoms with van der Waals surface area (Å²) in [7, 11) is 1.50. The zero-order valence-corrected chi connectivity index (χ0v) is 7.96. The van der Waals surface area contributed by atoms with E-state index in [4.69, 9.17) is 5.73 Å². The van der Waals surface area contributed by atoms with E-state index in [-0.39, 0.29) is 0 Å². The number of nitrogens with two attached hydrogens (primary N) is 1. The van der Waals surface area contributed by atoms with Crippen molar-refractivity contribution in [3.05, 3.63) is 11.8 Å². The van der Waals surface area contributed by atoms with Crippen molar-refractivity contribution in [1.82, 2.24) is 0 Å². The fourth-order valence-corrected chi connectivity index (χ4v) is 0.728. The number of aliphatic imine (C=N–C) groups is 1. The molecule has 0 fully saturated rings. The number of amidine groups is 1. The Labute approximate surface area is 72.8 Å². The Balaban J connectivity index is 4.60. The molecule has 12 heavy (non-hydrogen) atoms. The van der Waals surface area contributed by atoms with E-state index < -0.39 is 0 Å². The first-order chi connectivity index (χ1) is 5.61. The lowest BCUT2D eigenvalue weighted by Gasteiger charge is -1.99. The van der Waals surface area contributed by atoms with Gasteiger partial charge in [-0.05, 0) is 20.8 Å². The Hall–Kier alpha value is -1.32. The average Bonchev–Trinajstić information content (AvgIpc) is 2.00. The monoisotopic (exact) mass is 169 g/mol. The van der Waals surface area contributed by atoms with E-state index in [0.29, 0.717) is 11.5 Å². The molecule has 0 aliphatic rings. The van der Waals surface area contributed by atoms with E-state index in [1.165, 1.54) is 7.11 Å². The lowest BCUT2D eigenvalue weighted by atomic mass is 10.3. The maximum Gasteiger partial charge on any atom is 0.106 e. The smallest absolute Gasteiger partial charge is 0.106 e. The number of hydrogen-bond acceptors (Lipinski definition) is 3. The number of nitrogens with zero attached hydrogens (tertiary/aromatic N) is 2. The molecule has 0 rings (SSSR count). The Morgan fingerprint density at radius 2 is 2.00 bits per heavy atom. The summed E-state index contributed by atoms with van der Waals surface area (Å²) in [6.45, 7) is 5.41. The maximum absolute atomic E-state index is 5.42. The minimum atomic E-state index is 0.508. The average molecular weight is 169 g/mol. The van der Waals surface area contributed by atoms with Crippen LogP contribution in [0.15, 0.2) is 21.9 Å². The first kappa shape index (κ1) is 10.7. The fraction of sp³-hybridized carbons (Fsp3) is 0.500. The van der Waals surface area contributed by atoms with Gasteiger partial charge in [0.15, 0.2) is 0 Å². The highest BCUT2D eigenvalue weighted by Crippen LogP contribution is 2.00. The number of rotatable bonds is 3. The standard InChI is InChI=1S/C8H15N3O/c1-5-8(10-7(3)9)6(2)11-12-4/h5H,1-4H3,(H2,9,10)/b8-5-,11-6+. The van der Waals surface area contributed by atoms with Crippen LogP contribution >= 0.6 is 0 Å². The third-order valence-corrected chi connectivity index (χ3v) is 1.17. The van der Waals surface area contributed by atoms with Crippen molar-refractivity contribution in [2.45, 2.75) is 20.8 Å². The normalized spacial score (nSPS) is 14.8. The van der Waals surface area contributed by atoms with Crippen molar-refractivity contribution < 1.29 is 4.84 Å². The number of oxime groups is 1. The van der Waals surface area contributed by atoms with Crippen molar-refractivity contribution >= 4 is 11.5 Å². The second kappa shape index (κ2) is 5.35. The van der Waals surface area contributed by atoms with Crippen LogP contribution in [0.25, 0.3) is 0 Å². The van der Waals surface area contributed by atoms with Gasteiger partial charge in [0, 0.05) is 0 Å². The molecule has 0 aromatic heterocycles. The van der Waals surface area contributed by atoms with Crippen molar-refractivity contribution in [2.24, 2.45) is 15.9 Å². The van der Waals surface area contributed by atoms with Gasteiger partial charge in [-0.2, -0.15) is 0 Å². The van der Waals surface area contributed by atoms with Crippen LogP contribution in [0.2, 0.25) is 0 Å². The molecule has 0 aliphatic carbocycles. The fourth-order valence-electron chi connectivity index (χ4n) is 0.728. The highest BCUT2D eigenvalue weighted by molar-refractivity contribution is 5.99. The van der Waals surface area contributed by atoms with Gasteiger partial charge >= 0.3 is 0 Å². The summed E-state index contributed by atoms with van der Waals surface area (Å²) in [4.78, 5) is 8.66. The molecule has 0 radical (unpaired) electrons. The van der Waals surface area contributed by atoms with E-state index in [1.54, 1.807) is 6.92 Å². The first-order valence-corrected chi connectivity index (χ1v) is 3.67. The van der Waals surface area contributed by atoms with Crippen LogP contribution in [0.5, 0.6) is 0 Å². The van der Waals surface area contributed by atoms with Crippen molar-refractivity contribution in [3.63, 3.8) is 0 Å². The molecule has 2 N–H and O–H groups in total. The van der Waals surface area contributed by atoms with E-state index in [1.807, 2.05) is 19.9 Å². The molecule has 0 bridgehead atoms. The minimum Gasteiger partial charge on any atom is -0.399 e. The molecule has 0 atom stereocenters. The van der Waals surface area contributed by atoms with Gasteiger partial charge in [0.25, 0.3) is 0 Å². The molecule has 0 amide bonds. The Morgan fingerprint density at radius 1 is 1.42 bits per heavy atom. The van der Waals surface area contributed by atoms with Gasteiger partial charge in [-0.1, -0.05) is 11.2 Å². The first-order valence-electron chi connectivity index (χ1n) is 3.67. The highest BCUT2D eigenvalue weighted by Gasteiger charge is 1.98. The molecule has 4 nitrogen and oxygen atoms in total. The molecule has 68 valence electrons. The van der Waals surface area contributed by atoms with Crippen LogP contribution in [0.4, 0.5) is 0 Å². The molecule has 0 aliphatic heterocycles. The summed E-state index contributed by atoms with van der Waals surface area (Å²) in [5, 5.41) is 3.73. The van der Waals surface area contributed by atoms with Crippen molar-refractivity contribution in [1.29, 1.82) is 0 Å². The third-order valence-electron chi connectivity index (χ3n) is 1.17. The predicted molar refractivity (Wildman–Crippen MR) is 51.2 cm³/mol. The Morgan fingerprint density at radius 3 is 2.33 bits per heavy atom. The van der Waals surface area contributed by atoms with Crippen LogP contribution < -0.4 is 5.73 Å². The van der Waals surface area contributed by atoms with Crippen molar-refractivity contribution in [2.75, 3.05) is 7.11 Å². The van der Waals surface area contributed by atoms with Crippen LogP contribution in [0.1, 0.15) is 20.8 Å². The Bertz CT molecular complexity index is 224. The third kappa shape index (κ3) is 3.75. The molecule has 0 aromatic carbocycles. The molecule has 0 saturated heterocycles. The lowest BCUT2D eigenvalue weighted by Crippen LogP contribution is -2.08. The van der Waals surface area contributed by atoms with E-state index in [2.05, 4.69) is 15.0 Å². The van der Waals surface area contributed by atoms with Crippen LogP contribution in [-0.2, 0) is 4.84 Å². The second-order valence-electron chi connectivity index (χ2n) is 2.29. The second-order valence-corrected chi connectivity index (χ2v) is 2.29. The molecule has 0 spiro atoms. The summed E-state index contributed by atoms with van der Waals surface area (Å²) < 4.78 is 0. The van der Waals surface area contributed by atoms with Crippen LogP contribution in [-0.4, -0.2) is 18.7 Å². The largest absolute Gasteiger partial charge is 0.399 e. The zero-order valence-electron chi connectivity index (χ0n) is 7.96. The summed E-state index contributed by atoms with van der Waals surface area (Å²) in [6, 6.07) is 0. The summed E-state index contributed by atoms with van der Waals surface area (Å²) >= 11 is 0. The SMILES string of the molecule is C/C=C(\N=C(/C)N)C(/C)=N/OC. The van der Waals surface area contributed by atoms with Gasteiger partial charge < -0.3 is 10.6 Å².